The Morgan fingerprint density at radius 2 is 2.36 bits per heavy atom. The molecule has 0 spiro atoms. The van der Waals surface area contributed by atoms with E-state index in [-0.39, 0.29) is 5.97 Å². The van der Waals surface area contributed by atoms with Crippen LogP contribution in [0.15, 0.2) is 6.07 Å². The van der Waals surface area contributed by atoms with Crippen LogP contribution in [-0.2, 0) is 17.6 Å². The van der Waals surface area contributed by atoms with Crippen LogP contribution in [0, 0.1) is 0 Å². The van der Waals surface area contributed by atoms with Gasteiger partial charge in [-0.3, -0.25) is 0 Å². The van der Waals surface area contributed by atoms with Gasteiger partial charge in [0.05, 0.1) is 12.3 Å². The van der Waals surface area contributed by atoms with E-state index < -0.39 is 0 Å². The van der Waals surface area contributed by atoms with Gasteiger partial charge in [0.2, 0.25) is 0 Å². The number of rotatable bonds is 2. The van der Waals surface area contributed by atoms with Crippen molar-refractivity contribution in [2.75, 3.05) is 6.61 Å². The SMILES string of the molecule is CCOC(=O)c1cc2c(nn1)CCC2. The van der Waals surface area contributed by atoms with Gasteiger partial charge in [-0.05, 0) is 37.8 Å². The monoisotopic (exact) mass is 192 g/mol. The smallest absolute Gasteiger partial charge is 0.358 e. The number of aromatic nitrogens is 2. The summed E-state index contributed by atoms with van der Waals surface area (Å²) in [6, 6.07) is 1.80. The van der Waals surface area contributed by atoms with Gasteiger partial charge >= 0.3 is 5.97 Å². The zero-order valence-electron chi connectivity index (χ0n) is 8.12. The Labute approximate surface area is 82.3 Å². The van der Waals surface area contributed by atoms with Crippen LogP contribution in [0.4, 0.5) is 0 Å². The number of carbonyl (C=O) groups is 1. The minimum Gasteiger partial charge on any atom is -0.461 e. The Balaban J connectivity index is 2.24. The lowest BCUT2D eigenvalue weighted by Crippen LogP contribution is -2.09. The van der Waals surface area contributed by atoms with E-state index in [1.807, 2.05) is 0 Å². The van der Waals surface area contributed by atoms with E-state index in [1.54, 1.807) is 13.0 Å². The van der Waals surface area contributed by atoms with Gasteiger partial charge in [0.15, 0.2) is 5.69 Å². The second-order valence-electron chi connectivity index (χ2n) is 3.28. The number of nitrogens with zero attached hydrogens (tertiary/aromatic N) is 2. The second-order valence-corrected chi connectivity index (χ2v) is 3.28. The molecule has 1 aromatic heterocycles. The van der Waals surface area contributed by atoms with Crippen LogP contribution in [0.2, 0.25) is 0 Å². The number of ether oxygens (including phenoxy) is 1. The number of carbonyl (C=O) groups excluding carboxylic acids is 1. The fourth-order valence-electron chi connectivity index (χ4n) is 1.63. The summed E-state index contributed by atoms with van der Waals surface area (Å²) in [7, 11) is 0. The first-order valence-electron chi connectivity index (χ1n) is 4.84. The first-order chi connectivity index (χ1) is 6.81. The summed E-state index contributed by atoms with van der Waals surface area (Å²) in [5.41, 5.74) is 2.49. The summed E-state index contributed by atoms with van der Waals surface area (Å²) in [5, 5.41) is 7.86. The molecule has 0 saturated carbocycles. The number of esters is 1. The van der Waals surface area contributed by atoms with E-state index in [0.29, 0.717) is 12.3 Å². The molecule has 1 aromatic rings. The van der Waals surface area contributed by atoms with Crippen LogP contribution in [-0.4, -0.2) is 22.8 Å². The van der Waals surface area contributed by atoms with E-state index in [4.69, 9.17) is 4.74 Å². The molecule has 1 aliphatic carbocycles. The zero-order chi connectivity index (χ0) is 9.97. The number of hydrogen-bond acceptors (Lipinski definition) is 4. The maximum absolute atomic E-state index is 11.3. The van der Waals surface area contributed by atoms with Gasteiger partial charge in [-0.25, -0.2) is 4.79 Å². The van der Waals surface area contributed by atoms with Crippen molar-refractivity contribution in [3.63, 3.8) is 0 Å². The molecule has 0 aliphatic heterocycles. The van der Waals surface area contributed by atoms with Crippen LogP contribution in [0.25, 0.3) is 0 Å². The lowest BCUT2D eigenvalue weighted by atomic mass is 10.2. The van der Waals surface area contributed by atoms with Crippen molar-refractivity contribution < 1.29 is 9.53 Å². The van der Waals surface area contributed by atoms with Crippen LogP contribution in [0.5, 0.6) is 0 Å². The number of fused-ring (bicyclic) bond motifs is 1. The molecule has 1 aliphatic rings. The minimum atomic E-state index is -0.380. The fraction of sp³-hybridized carbons (Fsp3) is 0.500. The summed E-state index contributed by atoms with van der Waals surface area (Å²) >= 11 is 0. The molecular weight excluding hydrogens is 180 g/mol. The third-order valence-electron chi connectivity index (χ3n) is 2.30. The highest BCUT2D eigenvalue weighted by atomic mass is 16.5. The van der Waals surface area contributed by atoms with Crippen LogP contribution in [0.1, 0.15) is 35.1 Å². The number of aryl methyl sites for hydroxylation is 2. The Morgan fingerprint density at radius 3 is 3.14 bits per heavy atom. The highest BCUT2D eigenvalue weighted by Crippen LogP contribution is 2.19. The van der Waals surface area contributed by atoms with E-state index in [1.165, 1.54) is 0 Å². The largest absolute Gasteiger partial charge is 0.461 e. The summed E-state index contributed by atoms with van der Waals surface area (Å²) in [5.74, 6) is -0.380. The Hall–Kier alpha value is -1.45. The molecule has 0 N–H and O–H groups in total. The topological polar surface area (TPSA) is 52.1 Å². The van der Waals surface area contributed by atoms with Crippen molar-refractivity contribution in [2.45, 2.75) is 26.2 Å². The first kappa shape index (κ1) is 9.12. The van der Waals surface area contributed by atoms with Gasteiger partial charge in [0.25, 0.3) is 0 Å². The van der Waals surface area contributed by atoms with Crippen LogP contribution >= 0.6 is 0 Å². The van der Waals surface area contributed by atoms with Gasteiger partial charge in [-0.1, -0.05) is 0 Å². The van der Waals surface area contributed by atoms with Gasteiger partial charge < -0.3 is 4.74 Å². The average molecular weight is 192 g/mol. The molecule has 1 heterocycles. The quantitative estimate of drug-likeness (QED) is 0.659. The Kier molecular flexibility index (Phi) is 2.43. The lowest BCUT2D eigenvalue weighted by molar-refractivity contribution is 0.0518. The molecule has 0 saturated heterocycles. The molecule has 0 radical (unpaired) electrons. The third kappa shape index (κ3) is 1.60. The molecule has 0 amide bonds. The molecule has 4 nitrogen and oxygen atoms in total. The predicted molar refractivity (Wildman–Crippen MR) is 50.0 cm³/mol. The van der Waals surface area contributed by atoms with E-state index in [2.05, 4.69) is 10.2 Å². The van der Waals surface area contributed by atoms with Crippen molar-refractivity contribution in [1.29, 1.82) is 0 Å². The normalized spacial score (nSPS) is 13.8. The number of hydrogen-bond donors (Lipinski definition) is 0. The molecule has 0 fully saturated rings. The minimum absolute atomic E-state index is 0.326. The highest BCUT2D eigenvalue weighted by Gasteiger charge is 2.16. The predicted octanol–water partition coefficient (Wildman–Crippen LogP) is 1.14. The van der Waals surface area contributed by atoms with Crippen molar-refractivity contribution >= 4 is 5.97 Å². The molecule has 0 atom stereocenters. The third-order valence-corrected chi connectivity index (χ3v) is 2.30. The molecule has 0 bridgehead atoms. The fourth-order valence-corrected chi connectivity index (χ4v) is 1.63. The molecule has 0 unspecified atom stereocenters. The standard InChI is InChI=1S/C10H12N2O2/c1-2-14-10(13)9-6-7-4-3-5-8(7)11-12-9/h6H,2-5H2,1H3. The van der Waals surface area contributed by atoms with Crippen molar-refractivity contribution in [3.05, 3.63) is 23.0 Å². The maximum atomic E-state index is 11.3. The summed E-state index contributed by atoms with van der Waals surface area (Å²) in [6.45, 7) is 2.15. The Bertz CT molecular complexity index is 363. The molecule has 14 heavy (non-hydrogen) atoms. The van der Waals surface area contributed by atoms with Crippen molar-refractivity contribution in [3.8, 4) is 0 Å². The van der Waals surface area contributed by atoms with Gasteiger partial charge in [0, 0.05) is 0 Å². The van der Waals surface area contributed by atoms with Gasteiger partial charge in [-0.2, -0.15) is 5.10 Å². The second kappa shape index (κ2) is 3.74. The van der Waals surface area contributed by atoms with Gasteiger partial charge in [0.1, 0.15) is 0 Å². The van der Waals surface area contributed by atoms with Gasteiger partial charge in [-0.15, -0.1) is 5.10 Å². The molecule has 4 heteroatoms. The lowest BCUT2D eigenvalue weighted by Gasteiger charge is -2.01. The average Bonchev–Trinajstić information content (AvgIpc) is 2.64. The van der Waals surface area contributed by atoms with E-state index in [0.717, 1.165) is 30.5 Å². The molecule has 74 valence electrons. The maximum Gasteiger partial charge on any atom is 0.358 e. The molecular formula is C10H12N2O2. The first-order valence-corrected chi connectivity index (χ1v) is 4.84. The summed E-state index contributed by atoms with van der Waals surface area (Å²) < 4.78 is 4.85. The molecule has 0 aromatic carbocycles. The Morgan fingerprint density at radius 1 is 1.50 bits per heavy atom. The van der Waals surface area contributed by atoms with Crippen LogP contribution in [0.3, 0.4) is 0 Å². The summed E-state index contributed by atoms with van der Waals surface area (Å²) in [6.07, 6.45) is 3.08. The zero-order valence-corrected chi connectivity index (χ0v) is 8.12. The van der Waals surface area contributed by atoms with Crippen molar-refractivity contribution in [1.82, 2.24) is 10.2 Å². The van der Waals surface area contributed by atoms with Crippen molar-refractivity contribution in [2.24, 2.45) is 0 Å². The molecule has 2 rings (SSSR count). The highest BCUT2D eigenvalue weighted by molar-refractivity contribution is 5.87. The van der Waals surface area contributed by atoms with E-state index >= 15 is 0 Å². The summed E-state index contributed by atoms with van der Waals surface area (Å²) in [4.78, 5) is 11.3. The van der Waals surface area contributed by atoms with Crippen LogP contribution < -0.4 is 0 Å². The van der Waals surface area contributed by atoms with E-state index in [9.17, 15) is 4.79 Å².